The van der Waals surface area contributed by atoms with Crippen molar-refractivity contribution in [3.05, 3.63) is 35.8 Å². The molecule has 0 amide bonds. The van der Waals surface area contributed by atoms with Crippen molar-refractivity contribution in [2.45, 2.75) is 25.8 Å². The molecule has 1 aliphatic carbocycles. The molecule has 2 aromatic rings. The van der Waals surface area contributed by atoms with Gasteiger partial charge in [0.05, 0.1) is 5.52 Å². The number of fused-ring (bicyclic) bond motifs is 1. The van der Waals surface area contributed by atoms with Gasteiger partial charge in [0.15, 0.2) is 0 Å². The van der Waals surface area contributed by atoms with Crippen LogP contribution in [0.5, 0.6) is 0 Å². The number of nitrogens with zero attached hydrogens (tertiary/aromatic N) is 1. The average Bonchev–Trinajstić information content (AvgIpc) is 2.93. The van der Waals surface area contributed by atoms with Gasteiger partial charge >= 0.3 is 0 Å². The standard InChI is InChI=1S/C12H12FN/c1-8-2-5-11-10(12(8)13)6-7-14(11)9-3-4-9/h2,5-7,9H,3-4H2,1H3. The summed E-state index contributed by atoms with van der Waals surface area (Å²) in [5, 5.41) is 0.761. The van der Waals surface area contributed by atoms with Crippen LogP contribution in [0.3, 0.4) is 0 Å². The Morgan fingerprint density at radius 1 is 1.29 bits per heavy atom. The zero-order valence-corrected chi connectivity index (χ0v) is 8.13. The van der Waals surface area contributed by atoms with Crippen LogP contribution < -0.4 is 0 Å². The number of benzene rings is 1. The van der Waals surface area contributed by atoms with Crippen LogP contribution in [0.25, 0.3) is 10.9 Å². The quantitative estimate of drug-likeness (QED) is 0.647. The Kier molecular flexibility index (Phi) is 1.49. The zero-order valence-electron chi connectivity index (χ0n) is 8.13. The van der Waals surface area contributed by atoms with Crippen LogP contribution in [0.1, 0.15) is 24.4 Å². The molecule has 1 aliphatic rings. The van der Waals surface area contributed by atoms with Gasteiger partial charge in [-0.1, -0.05) is 6.07 Å². The van der Waals surface area contributed by atoms with Gasteiger partial charge in [-0.2, -0.15) is 0 Å². The van der Waals surface area contributed by atoms with Gasteiger partial charge in [0.2, 0.25) is 0 Å². The average molecular weight is 189 g/mol. The molecule has 0 N–H and O–H groups in total. The summed E-state index contributed by atoms with van der Waals surface area (Å²) >= 11 is 0. The molecule has 0 radical (unpaired) electrons. The lowest BCUT2D eigenvalue weighted by Gasteiger charge is -2.03. The lowest BCUT2D eigenvalue weighted by Crippen LogP contribution is -1.91. The summed E-state index contributed by atoms with van der Waals surface area (Å²) < 4.78 is 15.9. The van der Waals surface area contributed by atoms with E-state index >= 15 is 0 Å². The molecule has 0 atom stereocenters. The Morgan fingerprint density at radius 3 is 2.79 bits per heavy atom. The topological polar surface area (TPSA) is 4.93 Å². The van der Waals surface area contributed by atoms with Crippen molar-refractivity contribution < 1.29 is 4.39 Å². The predicted molar refractivity (Wildman–Crippen MR) is 54.9 cm³/mol. The summed E-state index contributed by atoms with van der Waals surface area (Å²) in [6, 6.07) is 6.38. The molecule has 1 saturated carbocycles. The van der Waals surface area contributed by atoms with E-state index in [0.717, 1.165) is 16.5 Å². The van der Waals surface area contributed by atoms with E-state index in [1.54, 1.807) is 0 Å². The summed E-state index contributed by atoms with van der Waals surface area (Å²) in [7, 11) is 0. The van der Waals surface area contributed by atoms with Gasteiger partial charge in [-0.3, -0.25) is 0 Å². The molecule has 0 aliphatic heterocycles. The lowest BCUT2D eigenvalue weighted by molar-refractivity contribution is 0.630. The van der Waals surface area contributed by atoms with Crippen molar-refractivity contribution in [2.24, 2.45) is 0 Å². The highest BCUT2D eigenvalue weighted by Crippen LogP contribution is 2.38. The van der Waals surface area contributed by atoms with E-state index in [1.807, 2.05) is 31.3 Å². The molecule has 0 unspecified atom stereocenters. The highest BCUT2D eigenvalue weighted by atomic mass is 19.1. The fourth-order valence-corrected chi connectivity index (χ4v) is 1.98. The maximum absolute atomic E-state index is 13.7. The highest BCUT2D eigenvalue weighted by Gasteiger charge is 2.24. The Bertz CT molecular complexity index is 494. The van der Waals surface area contributed by atoms with E-state index in [4.69, 9.17) is 0 Å². The van der Waals surface area contributed by atoms with E-state index in [9.17, 15) is 4.39 Å². The maximum Gasteiger partial charge on any atom is 0.135 e. The van der Waals surface area contributed by atoms with E-state index < -0.39 is 0 Å². The molecule has 1 heterocycles. The molecule has 3 rings (SSSR count). The summed E-state index contributed by atoms with van der Waals surface area (Å²) in [4.78, 5) is 0. The summed E-state index contributed by atoms with van der Waals surface area (Å²) in [5.74, 6) is -0.0677. The first-order valence-electron chi connectivity index (χ1n) is 5.03. The number of aryl methyl sites for hydroxylation is 1. The van der Waals surface area contributed by atoms with E-state index in [2.05, 4.69) is 4.57 Å². The molecular weight excluding hydrogens is 177 g/mol. The first kappa shape index (κ1) is 8.04. The molecular formula is C12H12FN. The molecule has 1 fully saturated rings. The molecule has 2 heteroatoms. The first-order valence-corrected chi connectivity index (χ1v) is 5.03. The minimum Gasteiger partial charge on any atom is -0.344 e. The van der Waals surface area contributed by atoms with Crippen LogP contribution in [-0.2, 0) is 0 Å². The third kappa shape index (κ3) is 0.999. The Balaban J connectivity index is 2.31. The number of hydrogen-bond donors (Lipinski definition) is 0. The lowest BCUT2D eigenvalue weighted by atomic mass is 10.1. The van der Waals surface area contributed by atoms with Crippen molar-refractivity contribution in [3.8, 4) is 0 Å². The Morgan fingerprint density at radius 2 is 2.07 bits per heavy atom. The molecule has 14 heavy (non-hydrogen) atoms. The SMILES string of the molecule is Cc1ccc2c(ccn2C2CC2)c1F. The molecule has 1 aromatic heterocycles. The molecule has 1 nitrogen and oxygen atoms in total. The molecule has 1 aromatic carbocycles. The van der Waals surface area contributed by atoms with Gasteiger partial charge < -0.3 is 4.57 Å². The third-order valence-electron chi connectivity index (χ3n) is 2.97. The van der Waals surface area contributed by atoms with Crippen LogP contribution in [0.15, 0.2) is 24.4 Å². The summed E-state index contributed by atoms with van der Waals surface area (Å²) in [6.45, 7) is 1.81. The fourth-order valence-electron chi connectivity index (χ4n) is 1.98. The highest BCUT2D eigenvalue weighted by molar-refractivity contribution is 5.81. The minimum absolute atomic E-state index is 0.0677. The molecule has 0 spiro atoms. The zero-order chi connectivity index (χ0) is 9.71. The van der Waals surface area contributed by atoms with Gasteiger partial charge in [0, 0.05) is 17.6 Å². The monoisotopic (exact) mass is 189 g/mol. The summed E-state index contributed by atoms with van der Waals surface area (Å²) in [6.07, 6.45) is 4.48. The largest absolute Gasteiger partial charge is 0.344 e. The molecule has 0 saturated heterocycles. The van der Waals surface area contributed by atoms with Crippen molar-refractivity contribution in [1.29, 1.82) is 0 Å². The smallest absolute Gasteiger partial charge is 0.135 e. The second-order valence-electron chi connectivity index (χ2n) is 4.08. The normalized spacial score (nSPS) is 16.4. The van der Waals surface area contributed by atoms with Crippen LogP contribution in [0, 0.1) is 12.7 Å². The van der Waals surface area contributed by atoms with E-state index in [-0.39, 0.29) is 5.82 Å². The van der Waals surface area contributed by atoms with Crippen LogP contribution in [0.2, 0.25) is 0 Å². The van der Waals surface area contributed by atoms with Crippen LogP contribution in [-0.4, -0.2) is 4.57 Å². The first-order chi connectivity index (χ1) is 6.77. The van der Waals surface area contributed by atoms with Gasteiger partial charge in [0.25, 0.3) is 0 Å². The number of rotatable bonds is 1. The summed E-state index contributed by atoms with van der Waals surface area (Å²) in [5.41, 5.74) is 1.77. The molecule has 72 valence electrons. The van der Waals surface area contributed by atoms with Gasteiger partial charge in [-0.05, 0) is 37.5 Å². The van der Waals surface area contributed by atoms with Crippen LogP contribution in [0.4, 0.5) is 4.39 Å². The van der Waals surface area contributed by atoms with Crippen molar-refractivity contribution in [2.75, 3.05) is 0 Å². The number of aromatic nitrogens is 1. The van der Waals surface area contributed by atoms with Gasteiger partial charge in [-0.15, -0.1) is 0 Å². The third-order valence-corrected chi connectivity index (χ3v) is 2.97. The van der Waals surface area contributed by atoms with Gasteiger partial charge in [-0.25, -0.2) is 4.39 Å². The van der Waals surface area contributed by atoms with Crippen LogP contribution >= 0.6 is 0 Å². The second-order valence-corrected chi connectivity index (χ2v) is 4.08. The van der Waals surface area contributed by atoms with Crippen molar-refractivity contribution in [3.63, 3.8) is 0 Å². The van der Waals surface area contributed by atoms with Gasteiger partial charge in [0.1, 0.15) is 5.82 Å². The Hall–Kier alpha value is -1.31. The molecule has 0 bridgehead atoms. The van der Waals surface area contributed by atoms with Crippen molar-refractivity contribution in [1.82, 2.24) is 4.57 Å². The number of halogens is 1. The maximum atomic E-state index is 13.7. The fraction of sp³-hybridized carbons (Fsp3) is 0.333. The van der Waals surface area contributed by atoms with E-state index in [1.165, 1.54) is 12.8 Å². The van der Waals surface area contributed by atoms with E-state index in [0.29, 0.717) is 6.04 Å². The minimum atomic E-state index is -0.0677. The Labute approximate surface area is 82.2 Å². The van der Waals surface area contributed by atoms with Crippen molar-refractivity contribution >= 4 is 10.9 Å². The predicted octanol–water partition coefficient (Wildman–Crippen LogP) is 3.42. The second kappa shape index (κ2) is 2.59. The number of hydrogen-bond acceptors (Lipinski definition) is 0.